The molecule has 3 rings (SSSR count). The molecule has 0 amide bonds. The van der Waals surface area contributed by atoms with E-state index < -0.39 is 16.8 Å². The summed E-state index contributed by atoms with van der Waals surface area (Å²) in [5, 5.41) is 9.87. The highest BCUT2D eigenvalue weighted by atomic mass is 32.2. The number of hydrogen-bond donors (Lipinski definition) is 1. The fourth-order valence-corrected chi connectivity index (χ4v) is 4.01. The molecule has 1 heterocycles. The first kappa shape index (κ1) is 13.4. The summed E-state index contributed by atoms with van der Waals surface area (Å²) in [4.78, 5) is 0.334. The Balaban J connectivity index is 1.91. The van der Waals surface area contributed by atoms with Crippen molar-refractivity contribution in [3.8, 4) is 0 Å². The molecule has 0 atom stereocenters. The lowest BCUT2D eigenvalue weighted by Gasteiger charge is -2.07. The van der Waals surface area contributed by atoms with Gasteiger partial charge in [0.05, 0.1) is 10.6 Å². The van der Waals surface area contributed by atoms with Gasteiger partial charge in [-0.15, -0.1) is 0 Å². The van der Waals surface area contributed by atoms with E-state index in [0.717, 1.165) is 29.3 Å². The molecule has 1 aliphatic rings. The first-order chi connectivity index (χ1) is 9.56. The first-order valence-corrected chi connectivity index (χ1v) is 8.29. The van der Waals surface area contributed by atoms with Gasteiger partial charge in [-0.2, -0.15) is 0 Å². The summed E-state index contributed by atoms with van der Waals surface area (Å²) >= 11 is 0. The summed E-state index contributed by atoms with van der Waals surface area (Å²) in [6.07, 6.45) is 1.59. The molecule has 2 aromatic carbocycles. The zero-order valence-corrected chi connectivity index (χ0v) is 11.8. The summed E-state index contributed by atoms with van der Waals surface area (Å²) in [6.45, 7) is -0.454. The smallest absolute Gasteiger partial charge is 0.324 e. The van der Waals surface area contributed by atoms with Crippen molar-refractivity contribution in [1.29, 1.82) is 0 Å². The van der Waals surface area contributed by atoms with Gasteiger partial charge in [0, 0.05) is 0 Å². The number of benzene rings is 2. The van der Waals surface area contributed by atoms with Crippen LogP contribution in [-0.4, -0.2) is 20.4 Å². The molecule has 2 aromatic rings. The van der Waals surface area contributed by atoms with E-state index in [9.17, 15) is 13.4 Å². The molecule has 5 heteroatoms. The van der Waals surface area contributed by atoms with E-state index in [4.69, 9.17) is 0 Å². The van der Waals surface area contributed by atoms with Crippen LogP contribution in [0, 0.1) is 0 Å². The fraction of sp³-hybridized carbons (Fsp3) is 0.200. The van der Waals surface area contributed by atoms with Crippen LogP contribution in [0.5, 0.6) is 0 Å². The normalized spacial score (nSPS) is 14.3. The molecule has 1 aliphatic heterocycles. The minimum absolute atomic E-state index is 0.0307. The third kappa shape index (κ3) is 2.51. The van der Waals surface area contributed by atoms with Gasteiger partial charge in [-0.05, 0) is 35.9 Å². The molecule has 102 valence electrons. The van der Waals surface area contributed by atoms with Crippen molar-refractivity contribution in [2.45, 2.75) is 23.4 Å². The van der Waals surface area contributed by atoms with E-state index in [1.807, 2.05) is 18.2 Å². The highest BCUT2D eigenvalue weighted by Crippen LogP contribution is 2.19. The third-order valence-corrected chi connectivity index (χ3v) is 5.42. The predicted octanol–water partition coefficient (Wildman–Crippen LogP) is 1.41. The Hall–Kier alpha value is -1.59. The van der Waals surface area contributed by atoms with Gasteiger partial charge in [0.15, 0.2) is 9.84 Å². The van der Waals surface area contributed by atoms with Crippen molar-refractivity contribution in [2.24, 2.45) is 0 Å². The number of hydrogen-bond acceptors (Lipinski definition) is 3. The number of aryl methyl sites for hydroxylation is 1. The molecule has 0 aliphatic carbocycles. The second kappa shape index (κ2) is 5.07. The molecule has 1 N–H and O–H groups in total. The van der Waals surface area contributed by atoms with Crippen LogP contribution in [-0.2, 0) is 22.0 Å². The lowest BCUT2D eigenvalue weighted by Crippen LogP contribution is -2.26. The van der Waals surface area contributed by atoms with Crippen LogP contribution in [0.1, 0.15) is 11.1 Å². The quantitative estimate of drug-likeness (QED) is 0.868. The average Bonchev–Trinajstić information content (AvgIpc) is 2.81. The second-order valence-corrected chi connectivity index (χ2v) is 7.15. The van der Waals surface area contributed by atoms with Crippen molar-refractivity contribution in [3.63, 3.8) is 0 Å². The van der Waals surface area contributed by atoms with E-state index in [-0.39, 0.29) is 5.75 Å². The number of sulfone groups is 1. The molecule has 0 bridgehead atoms. The Morgan fingerprint density at radius 1 is 1.10 bits per heavy atom. The van der Waals surface area contributed by atoms with Crippen molar-refractivity contribution in [2.75, 3.05) is 0 Å². The molecule has 3 nitrogen and oxygen atoms in total. The molecule has 0 radical (unpaired) electrons. The largest absolute Gasteiger partial charge is 0.446 e. The van der Waals surface area contributed by atoms with Crippen LogP contribution in [0.4, 0.5) is 0 Å². The zero-order valence-electron chi connectivity index (χ0n) is 11.0. The van der Waals surface area contributed by atoms with Gasteiger partial charge < -0.3 is 5.02 Å². The second-order valence-electron chi connectivity index (χ2n) is 5.16. The molecule has 0 spiro atoms. The average molecular weight is 286 g/mol. The number of fused-ring (bicyclic) bond motifs is 1. The Labute approximate surface area is 119 Å². The van der Waals surface area contributed by atoms with Crippen LogP contribution < -0.4 is 5.46 Å². The van der Waals surface area contributed by atoms with Gasteiger partial charge >= 0.3 is 6.92 Å². The van der Waals surface area contributed by atoms with E-state index in [0.29, 0.717) is 4.90 Å². The summed E-state index contributed by atoms with van der Waals surface area (Å²) in [7, 11) is -3.33. The lowest BCUT2D eigenvalue weighted by molar-refractivity contribution is 0.587. The minimum Gasteiger partial charge on any atom is -0.446 e. The van der Waals surface area contributed by atoms with Crippen molar-refractivity contribution >= 4 is 22.2 Å². The van der Waals surface area contributed by atoms with Gasteiger partial charge in [0.25, 0.3) is 0 Å². The molecular formula is C15H15BO3S. The molecule has 0 saturated carbocycles. The first-order valence-electron chi connectivity index (χ1n) is 6.64. The van der Waals surface area contributed by atoms with Crippen LogP contribution >= 0.6 is 0 Å². The Morgan fingerprint density at radius 3 is 2.60 bits per heavy atom. The third-order valence-electron chi connectivity index (χ3n) is 3.72. The van der Waals surface area contributed by atoms with Crippen LogP contribution in [0.2, 0.25) is 6.32 Å². The molecule has 0 saturated heterocycles. The van der Waals surface area contributed by atoms with Gasteiger partial charge in [-0.3, -0.25) is 0 Å². The highest BCUT2D eigenvalue weighted by Gasteiger charge is 2.25. The summed E-state index contributed by atoms with van der Waals surface area (Å²) < 4.78 is 24.6. The highest BCUT2D eigenvalue weighted by molar-refractivity contribution is 7.90. The Kier molecular flexibility index (Phi) is 3.40. The molecule has 0 aromatic heterocycles. The van der Waals surface area contributed by atoms with E-state index in [2.05, 4.69) is 0 Å². The van der Waals surface area contributed by atoms with Crippen LogP contribution in [0.15, 0.2) is 53.4 Å². The maximum atomic E-state index is 12.3. The Morgan fingerprint density at radius 2 is 1.85 bits per heavy atom. The predicted molar refractivity (Wildman–Crippen MR) is 79.9 cm³/mol. The summed E-state index contributed by atoms with van der Waals surface area (Å²) in [5.74, 6) is -0.0307. The topological polar surface area (TPSA) is 54.4 Å². The van der Waals surface area contributed by atoms with Crippen LogP contribution in [0.25, 0.3) is 0 Å². The van der Waals surface area contributed by atoms with Crippen molar-refractivity contribution < 1.29 is 13.4 Å². The summed E-state index contributed by atoms with van der Waals surface area (Å²) in [6, 6.07) is 14.1. The van der Waals surface area contributed by atoms with Gasteiger partial charge in [-0.25, -0.2) is 8.42 Å². The van der Waals surface area contributed by atoms with Gasteiger partial charge in [-0.1, -0.05) is 42.0 Å². The maximum Gasteiger partial charge on any atom is 0.324 e. The SMILES string of the molecule is O=S(=O)(Cc1ccc2c(c1)B(O)CC2)c1ccccc1. The monoisotopic (exact) mass is 286 g/mol. The van der Waals surface area contributed by atoms with E-state index >= 15 is 0 Å². The zero-order chi connectivity index (χ0) is 14.2. The minimum atomic E-state index is -3.33. The van der Waals surface area contributed by atoms with E-state index in [1.165, 1.54) is 0 Å². The van der Waals surface area contributed by atoms with Gasteiger partial charge in [0.2, 0.25) is 0 Å². The standard InChI is InChI=1S/C15H15BO3S/c17-16-9-8-13-7-6-12(10-15(13)16)11-20(18,19)14-4-2-1-3-5-14/h1-7,10,17H,8-9,11H2. The lowest BCUT2D eigenvalue weighted by atomic mass is 9.63. The summed E-state index contributed by atoms with van der Waals surface area (Å²) in [5.41, 5.74) is 2.73. The molecule has 20 heavy (non-hydrogen) atoms. The fourth-order valence-electron chi connectivity index (χ4n) is 2.65. The molecule has 0 unspecified atom stereocenters. The van der Waals surface area contributed by atoms with Crippen LogP contribution in [0.3, 0.4) is 0 Å². The van der Waals surface area contributed by atoms with E-state index in [1.54, 1.807) is 30.3 Å². The Bertz CT molecular complexity index is 726. The van der Waals surface area contributed by atoms with Crippen molar-refractivity contribution in [1.82, 2.24) is 0 Å². The van der Waals surface area contributed by atoms with Crippen molar-refractivity contribution in [3.05, 3.63) is 59.7 Å². The molecule has 0 fully saturated rings. The maximum absolute atomic E-state index is 12.3. The number of rotatable bonds is 3. The van der Waals surface area contributed by atoms with Gasteiger partial charge in [0.1, 0.15) is 0 Å². The molecular weight excluding hydrogens is 271 g/mol.